The van der Waals surface area contributed by atoms with E-state index in [-0.39, 0.29) is 17.5 Å². The molecule has 7 heteroatoms. The van der Waals surface area contributed by atoms with Crippen molar-refractivity contribution in [2.24, 2.45) is 0 Å². The Morgan fingerprint density at radius 1 is 1.43 bits per heavy atom. The molecule has 0 aromatic carbocycles. The van der Waals surface area contributed by atoms with Gasteiger partial charge in [-0.25, -0.2) is 4.98 Å². The highest BCUT2D eigenvalue weighted by Gasteiger charge is 2.12. The summed E-state index contributed by atoms with van der Waals surface area (Å²) in [6, 6.07) is 3.29. The third-order valence-electron chi connectivity index (χ3n) is 2.73. The maximum Gasteiger partial charge on any atom is 0.275 e. The molecule has 112 valence electrons. The molecule has 0 spiro atoms. The summed E-state index contributed by atoms with van der Waals surface area (Å²) in [5, 5.41) is 8.32. The van der Waals surface area contributed by atoms with Gasteiger partial charge in [0.1, 0.15) is 5.69 Å². The molecular formula is C14H18N4O2S. The Labute approximate surface area is 126 Å². The number of rotatable bonds is 5. The summed E-state index contributed by atoms with van der Waals surface area (Å²) in [6.07, 6.45) is 1.62. The Balaban J connectivity index is 2.10. The highest BCUT2D eigenvalue weighted by Crippen LogP contribution is 2.17. The first kappa shape index (κ1) is 15.2. The number of nitrogens with one attached hydrogen (secondary N) is 2. The van der Waals surface area contributed by atoms with E-state index in [1.54, 1.807) is 17.6 Å². The van der Waals surface area contributed by atoms with E-state index in [2.05, 4.69) is 15.6 Å². The van der Waals surface area contributed by atoms with Gasteiger partial charge >= 0.3 is 0 Å². The van der Waals surface area contributed by atoms with Gasteiger partial charge in [0.05, 0.1) is 5.69 Å². The van der Waals surface area contributed by atoms with E-state index < -0.39 is 0 Å². The SMILES string of the molecule is CCn1cc(NC(=O)c2csc(NC(C)C)n2)ccc1=O. The van der Waals surface area contributed by atoms with Gasteiger partial charge in [-0.05, 0) is 26.8 Å². The van der Waals surface area contributed by atoms with E-state index in [1.807, 2.05) is 20.8 Å². The minimum Gasteiger partial charge on any atom is -0.359 e. The molecule has 2 aromatic rings. The second-order valence-electron chi connectivity index (χ2n) is 4.83. The van der Waals surface area contributed by atoms with E-state index in [0.29, 0.717) is 23.1 Å². The molecule has 0 unspecified atom stereocenters. The van der Waals surface area contributed by atoms with Crippen LogP contribution in [-0.2, 0) is 6.54 Å². The van der Waals surface area contributed by atoms with Crippen molar-refractivity contribution in [3.63, 3.8) is 0 Å². The Hall–Kier alpha value is -2.15. The molecule has 0 fully saturated rings. The van der Waals surface area contributed by atoms with Crippen LogP contribution in [0.4, 0.5) is 10.8 Å². The number of hydrogen-bond acceptors (Lipinski definition) is 5. The number of nitrogens with zero attached hydrogens (tertiary/aromatic N) is 2. The number of thiazole rings is 1. The van der Waals surface area contributed by atoms with Crippen molar-refractivity contribution < 1.29 is 4.79 Å². The van der Waals surface area contributed by atoms with Gasteiger partial charge in [-0.15, -0.1) is 11.3 Å². The Morgan fingerprint density at radius 2 is 2.19 bits per heavy atom. The normalized spacial score (nSPS) is 10.7. The number of carbonyl (C=O) groups is 1. The van der Waals surface area contributed by atoms with Gasteiger partial charge in [0.25, 0.3) is 11.5 Å². The van der Waals surface area contributed by atoms with Gasteiger partial charge in [0.2, 0.25) is 0 Å². The first-order valence-electron chi connectivity index (χ1n) is 6.73. The Morgan fingerprint density at radius 3 is 2.86 bits per heavy atom. The summed E-state index contributed by atoms with van der Waals surface area (Å²) in [7, 11) is 0. The summed E-state index contributed by atoms with van der Waals surface area (Å²) >= 11 is 1.39. The third-order valence-corrected chi connectivity index (χ3v) is 3.50. The van der Waals surface area contributed by atoms with Crippen molar-refractivity contribution >= 4 is 28.1 Å². The lowest BCUT2D eigenvalue weighted by Gasteiger charge is -2.07. The lowest BCUT2D eigenvalue weighted by atomic mass is 10.3. The molecule has 0 saturated heterocycles. The molecule has 0 aliphatic heterocycles. The summed E-state index contributed by atoms with van der Waals surface area (Å²) in [4.78, 5) is 27.8. The number of aromatic nitrogens is 2. The van der Waals surface area contributed by atoms with Crippen molar-refractivity contribution in [2.45, 2.75) is 33.4 Å². The molecular weight excluding hydrogens is 288 g/mol. The van der Waals surface area contributed by atoms with Crippen LogP contribution in [0.3, 0.4) is 0 Å². The molecule has 0 radical (unpaired) electrons. The summed E-state index contributed by atoms with van der Waals surface area (Å²) in [6.45, 7) is 6.45. The van der Waals surface area contributed by atoms with Crippen LogP contribution in [-0.4, -0.2) is 21.5 Å². The van der Waals surface area contributed by atoms with Crippen LogP contribution in [0.25, 0.3) is 0 Å². The van der Waals surface area contributed by atoms with Crippen LogP contribution in [0.2, 0.25) is 0 Å². The summed E-state index contributed by atoms with van der Waals surface area (Å²) < 4.78 is 1.53. The number of pyridine rings is 1. The van der Waals surface area contributed by atoms with E-state index >= 15 is 0 Å². The van der Waals surface area contributed by atoms with Crippen molar-refractivity contribution in [1.82, 2.24) is 9.55 Å². The molecule has 2 heterocycles. The van der Waals surface area contributed by atoms with E-state index in [1.165, 1.54) is 22.0 Å². The molecule has 0 saturated carbocycles. The average molecular weight is 306 g/mol. The van der Waals surface area contributed by atoms with Gasteiger partial charge in [-0.2, -0.15) is 0 Å². The zero-order valence-corrected chi connectivity index (χ0v) is 13.0. The summed E-state index contributed by atoms with van der Waals surface area (Å²) in [5.41, 5.74) is 0.845. The van der Waals surface area contributed by atoms with Gasteiger partial charge in [0, 0.05) is 30.2 Å². The molecule has 6 nitrogen and oxygen atoms in total. The van der Waals surface area contributed by atoms with E-state index in [0.717, 1.165) is 0 Å². The quantitative estimate of drug-likeness (QED) is 0.889. The predicted molar refractivity (Wildman–Crippen MR) is 85.2 cm³/mol. The summed E-state index contributed by atoms with van der Waals surface area (Å²) in [5.74, 6) is -0.288. The highest BCUT2D eigenvalue weighted by molar-refractivity contribution is 7.13. The smallest absolute Gasteiger partial charge is 0.275 e. The minimum atomic E-state index is -0.288. The van der Waals surface area contributed by atoms with E-state index in [4.69, 9.17) is 0 Å². The van der Waals surface area contributed by atoms with Crippen molar-refractivity contribution in [3.05, 3.63) is 39.8 Å². The number of aryl methyl sites for hydroxylation is 1. The molecule has 0 aliphatic rings. The number of amides is 1. The second kappa shape index (κ2) is 6.53. The van der Waals surface area contributed by atoms with Crippen LogP contribution >= 0.6 is 11.3 Å². The lowest BCUT2D eigenvalue weighted by Crippen LogP contribution is -2.20. The largest absolute Gasteiger partial charge is 0.359 e. The minimum absolute atomic E-state index is 0.0902. The molecule has 0 atom stereocenters. The van der Waals surface area contributed by atoms with Crippen LogP contribution in [0.5, 0.6) is 0 Å². The molecule has 1 amide bonds. The molecule has 0 bridgehead atoms. The van der Waals surface area contributed by atoms with Crippen LogP contribution < -0.4 is 16.2 Å². The third kappa shape index (κ3) is 3.91. The molecule has 2 rings (SSSR count). The van der Waals surface area contributed by atoms with Crippen molar-refractivity contribution in [3.8, 4) is 0 Å². The maximum absolute atomic E-state index is 12.1. The maximum atomic E-state index is 12.1. The fraction of sp³-hybridized carbons (Fsp3) is 0.357. The standard InChI is InChI=1S/C14H18N4O2S/c1-4-18-7-10(5-6-12(18)19)16-13(20)11-8-21-14(17-11)15-9(2)3/h5-9H,4H2,1-3H3,(H,15,17)(H,16,20). The monoisotopic (exact) mass is 306 g/mol. The van der Waals surface area contributed by atoms with Crippen LogP contribution in [0, 0.1) is 0 Å². The zero-order chi connectivity index (χ0) is 15.4. The first-order chi connectivity index (χ1) is 9.99. The zero-order valence-electron chi connectivity index (χ0n) is 12.2. The fourth-order valence-electron chi connectivity index (χ4n) is 1.74. The van der Waals surface area contributed by atoms with Gasteiger partial charge < -0.3 is 15.2 Å². The Kier molecular flexibility index (Phi) is 4.74. The number of carbonyl (C=O) groups excluding carboxylic acids is 1. The molecule has 2 N–H and O–H groups in total. The van der Waals surface area contributed by atoms with Crippen molar-refractivity contribution in [2.75, 3.05) is 10.6 Å². The average Bonchev–Trinajstić information content (AvgIpc) is 2.88. The second-order valence-corrected chi connectivity index (χ2v) is 5.69. The lowest BCUT2D eigenvalue weighted by molar-refractivity contribution is 0.102. The van der Waals surface area contributed by atoms with Crippen molar-refractivity contribution in [1.29, 1.82) is 0 Å². The number of anilines is 2. The van der Waals surface area contributed by atoms with Gasteiger partial charge in [-0.1, -0.05) is 0 Å². The molecule has 0 aliphatic carbocycles. The highest BCUT2D eigenvalue weighted by atomic mass is 32.1. The number of hydrogen-bond donors (Lipinski definition) is 2. The van der Waals surface area contributed by atoms with Crippen LogP contribution in [0.1, 0.15) is 31.3 Å². The first-order valence-corrected chi connectivity index (χ1v) is 7.61. The predicted octanol–water partition coefficient (Wildman–Crippen LogP) is 2.40. The van der Waals surface area contributed by atoms with E-state index in [9.17, 15) is 9.59 Å². The van der Waals surface area contributed by atoms with Gasteiger partial charge in [-0.3, -0.25) is 9.59 Å². The fourth-order valence-corrected chi connectivity index (χ4v) is 2.58. The molecule has 2 aromatic heterocycles. The molecule has 21 heavy (non-hydrogen) atoms. The topological polar surface area (TPSA) is 76.0 Å². The van der Waals surface area contributed by atoms with Crippen LogP contribution in [0.15, 0.2) is 28.5 Å². The van der Waals surface area contributed by atoms with Gasteiger partial charge in [0.15, 0.2) is 5.13 Å². The Bertz CT molecular complexity index is 690.